The number of fused-ring (bicyclic) bond motifs is 1. The largest absolute Gasteiger partial charge is 0.342 e. The van der Waals surface area contributed by atoms with Gasteiger partial charge in [0.25, 0.3) is 5.56 Å². The van der Waals surface area contributed by atoms with E-state index >= 15 is 0 Å². The third-order valence-electron chi connectivity index (χ3n) is 4.87. The maximum absolute atomic E-state index is 12.2. The molecule has 1 fully saturated rings. The monoisotopic (exact) mass is 335 g/mol. The molecule has 1 saturated heterocycles. The summed E-state index contributed by atoms with van der Waals surface area (Å²) in [5.41, 5.74) is 0.575. The van der Waals surface area contributed by atoms with Crippen LogP contribution in [0.25, 0.3) is 11.0 Å². The van der Waals surface area contributed by atoms with Crippen molar-refractivity contribution in [2.24, 2.45) is 7.05 Å². The molecule has 4 rings (SSSR count). The van der Waals surface area contributed by atoms with E-state index in [1.54, 1.807) is 17.9 Å². The number of hydrogen-bond acceptors (Lipinski definition) is 6. The Morgan fingerprint density at radius 1 is 1.32 bits per heavy atom. The van der Waals surface area contributed by atoms with Crippen LogP contribution >= 0.6 is 0 Å². The third-order valence-corrected chi connectivity index (χ3v) is 4.87. The number of aromatic amines is 1. The molecule has 0 spiro atoms. The van der Waals surface area contributed by atoms with Gasteiger partial charge in [-0.15, -0.1) is 0 Å². The highest BCUT2D eigenvalue weighted by atomic mass is 16.1. The van der Waals surface area contributed by atoms with Gasteiger partial charge in [0, 0.05) is 26.3 Å². The van der Waals surface area contributed by atoms with Crippen molar-refractivity contribution in [3.05, 3.63) is 46.6 Å². The van der Waals surface area contributed by atoms with Crippen molar-refractivity contribution in [1.29, 1.82) is 5.26 Å². The Bertz CT molecular complexity index is 1010. The summed E-state index contributed by atoms with van der Waals surface area (Å²) in [4.78, 5) is 26.0. The Kier molecular flexibility index (Phi) is 3.50. The molecular weight excluding hydrogens is 318 g/mol. The van der Waals surface area contributed by atoms with Crippen LogP contribution < -0.4 is 10.5 Å². The zero-order valence-electron chi connectivity index (χ0n) is 13.8. The van der Waals surface area contributed by atoms with E-state index in [-0.39, 0.29) is 5.56 Å². The smallest absolute Gasteiger partial charge is 0.263 e. The minimum Gasteiger partial charge on any atom is -0.342 e. The van der Waals surface area contributed by atoms with Crippen molar-refractivity contribution in [3.8, 4) is 6.07 Å². The van der Waals surface area contributed by atoms with Crippen molar-refractivity contribution in [2.75, 3.05) is 18.0 Å². The van der Waals surface area contributed by atoms with Crippen LogP contribution in [-0.2, 0) is 12.5 Å². The molecule has 25 heavy (non-hydrogen) atoms. The molecule has 4 heterocycles. The van der Waals surface area contributed by atoms with Crippen LogP contribution in [0, 0.1) is 11.3 Å². The molecule has 0 atom stereocenters. The fraction of sp³-hybridized carbons (Fsp3) is 0.353. The quantitative estimate of drug-likeness (QED) is 0.752. The third kappa shape index (κ3) is 2.45. The molecule has 1 aliphatic heterocycles. The van der Waals surface area contributed by atoms with Crippen molar-refractivity contribution < 1.29 is 0 Å². The lowest BCUT2D eigenvalue weighted by molar-refractivity contribution is 0.403. The van der Waals surface area contributed by atoms with Crippen LogP contribution in [-0.4, -0.2) is 37.8 Å². The molecule has 3 aromatic rings. The second-order valence-electron chi connectivity index (χ2n) is 6.29. The van der Waals surface area contributed by atoms with E-state index in [1.807, 2.05) is 23.1 Å². The Morgan fingerprint density at radius 3 is 2.80 bits per heavy atom. The standard InChI is InChI=1S/C17H17N7O/c1-23-14-12(10-20-23)15(25)22-16(21-14)24-8-5-17(11-18,6-9-24)13-4-2-3-7-19-13/h2-4,7,10H,5-6,8-9H2,1H3,(H,21,22,25). The topological polar surface area (TPSA) is 103 Å². The molecular formula is C17H17N7O. The number of anilines is 1. The molecule has 3 aromatic heterocycles. The van der Waals surface area contributed by atoms with E-state index in [4.69, 9.17) is 0 Å². The molecule has 126 valence electrons. The first-order valence-electron chi connectivity index (χ1n) is 8.13. The lowest BCUT2D eigenvalue weighted by Gasteiger charge is -2.37. The number of pyridine rings is 1. The molecule has 0 unspecified atom stereocenters. The van der Waals surface area contributed by atoms with Crippen LogP contribution in [0.5, 0.6) is 0 Å². The first-order chi connectivity index (χ1) is 12.1. The average Bonchev–Trinajstić information content (AvgIpc) is 3.04. The highest BCUT2D eigenvalue weighted by Crippen LogP contribution is 2.34. The Balaban J connectivity index is 1.63. The van der Waals surface area contributed by atoms with Crippen LogP contribution in [0.3, 0.4) is 0 Å². The van der Waals surface area contributed by atoms with E-state index in [9.17, 15) is 10.1 Å². The maximum atomic E-state index is 12.2. The number of nitriles is 1. The number of hydrogen-bond donors (Lipinski definition) is 1. The summed E-state index contributed by atoms with van der Waals surface area (Å²) >= 11 is 0. The van der Waals surface area contributed by atoms with Gasteiger partial charge in [-0.3, -0.25) is 19.4 Å². The van der Waals surface area contributed by atoms with Gasteiger partial charge < -0.3 is 4.90 Å². The van der Waals surface area contributed by atoms with Gasteiger partial charge in [0.05, 0.1) is 18.0 Å². The summed E-state index contributed by atoms with van der Waals surface area (Å²) in [5.74, 6) is 0.522. The van der Waals surface area contributed by atoms with Crippen molar-refractivity contribution in [2.45, 2.75) is 18.3 Å². The molecule has 0 aromatic carbocycles. The van der Waals surface area contributed by atoms with Gasteiger partial charge in [0.1, 0.15) is 10.8 Å². The fourth-order valence-electron chi connectivity index (χ4n) is 3.34. The highest BCUT2D eigenvalue weighted by molar-refractivity contribution is 5.74. The predicted octanol–water partition coefficient (Wildman–Crippen LogP) is 1.11. The van der Waals surface area contributed by atoms with Gasteiger partial charge in [-0.2, -0.15) is 15.3 Å². The van der Waals surface area contributed by atoms with Crippen LogP contribution in [0.15, 0.2) is 35.4 Å². The Hall–Kier alpha value is -3.21. The molecule has 1 N–H and O–H groups in total. The van der Waals surface area contributed by atoms with Crippen LogP contribution in [0.2, 0.25) is 0 Å². The van der Waals surface area contributed by atoms with Crippen molar-refractivity contribution >= 4 is 17.0 Å². The first kappa shape index (κ1) is 15.3. The first-order valence-corrected chi connectivity index (χ1v) is 8.13. The lowest BCUT2D eigenvalue weighted by atomic mass is 9.77. The summed E-state index contributed by atoms with van der Waals surface area (Å²) in [6, 6.07) is 8.11. The van der Waals surface area contributed by atoms with E-state index < -0.39 is 5.41 Å². The van der Waals surface area contributed by atoms with E-state index in [0.29, 0.717) is 42.9 Å². The lowest BCUT2D eigenvalue weighted by Crippen LogP contribution is -2.43. The second-order valence-corrected chi connectivity index (χ2v) is 6.29. The van der Waals surface area contributed by atoms with Crippen LogP contribution in [0.1, 0.15) is 18.5 Å². The minimum absolute atomic E-state index is 0.199. The SMILES string of the molecule is Cn1ncc2c(=O)[nH]c(N3CCC(C#N)(c4ccccn4)CC3)nc21. The van der Waals surface area contributed by atoms with Gasteiger partial charge in [-0.05, 0) is 25.0 Å². The fourth-order valence-corrected chi connectivity index (χ4v) is 3.34. The molecule has 0 saturated carbocycles. The van der Waals surface area contributed by atoms with E-state index in [2.05, 4.69) is 26.1 Å². The Morgan fingerprint density at radius 2 is 2.12 bits per heavy atom. The summed E-state index contributed by atoms with van der Waals surface area (Å²) in [6.45, 7) is 1.24. The zero-order valence-corrected chi connectivity index (χ0v) is 13.8. The van der Waals surface area contributed by atoms with Gasteiger partial charge in [0.15, 0.2) is 5.65 Å². The predicted molar refractivity (Wildman–Crippen MR) is 92.1 cm³/mol. The number of rotatable bonds is 2. The highest BCUT2D eigenvalue weighted by Gasteiger charge is 2.38. The maximum Gasteiger partial charge on any atom is 0.263 e. The molecule has 8 heteroatoms. The molecule has 0 amide bonds. The van der Waals surface area contributed by atoms with Gasteiger partial charge in [0.2, 0.25) is 5.95 Å². The number of piperidine rings is 1. The second kappa shape index (κ2) is 5.70. The van der Waals surface area contributed by atoms with Crippen molar-refractivity contribution in [3.63, 3.8) is 0 Å². The number of nitrogens with one attached hydrogen (secondary N) is 1. The number of nitrogens with zero attached hydrogens (tertiary/aromatic N) is 6. The van der Waals surface area contributed by atoms with Gasteiger partial charge in [-0.1, -0.05) is 6.07 Å². The molecule has 8 nitrogen and oxygen atoms in total. The molecule has 0 bridgehead atoms. The minimum atomic E-state index is -0.589. The molecule has 1 aliphatic rings. The van der Waals surface area contributed by atoms with E-state index in [1.165, 1.54) is 6.20 Å². The summed E-state index contributed by atoms with van der Waals surface area (Å²) in [7, 11) is 1.76. The number of aryl methyl sites for hydroxylation is 1. The average molecular weight is 335 g/mol. The number of H-pyrrole nitrogens is 1. The normalized spacial score (nSPS) is 16.7. The summed E-state index contributed by atoms with van der Waals surface area (Å²) < 4.78 is 1.59. The van der Waals surface area contributed by atoms with Crippen molar-refractivity contribution in [1.82, 2.24) is 24.7 Å². The van der Waals surface area contributed by atoms with E-state index in [0.717, 1.165) is 5.69 Å². The van der Waals surface area contributed by atoms with Gasteiger partial charge >= 0.3 is 0 Å². The summed E-state index contributed by atoms with van der Waals surface area (Å²) in [5, 5.41) is 14.3. The summed E-state index contributed by atoms with van der Waals surface area (Å²) in [6.07, 6.45) is 4.50. The van der Waals surface area contributed by atoms with Gasteiger partial charge in [-0.25, -0.2) is 0 Å². The Labute approximate surface area is 143 Å². The molecule has 0 aliphatic carbocycles. The number of aromatic nitrogens is 5. The molecule has 0 radical (unpaired) electrons. The zero-order chi connectivity index (χ0) is 17.4. The van der Waals surface area contributed by atoms with Crippen LogP contribution in [0.4, 0.5) is 5.95 Å².